The number of halogens is 1. The first-order chi connectivity index (χ1) is 12.4. The predicted octanol–water partition coefficient (Wildman–Crippen LogP) is 3.40. The van der Waals surface area contributed by atoms with Crippen molar-refractivity contribution < 1.29 is 4.79 Å². The van der Waals surface area contributed by atoms with Crippen molar-refractivity contribution in [1.29, 1.82) is 5.41 Å². The lowest BCUT2D eigenvalue weighted by Crippen LogP contribution is -2.21. The van der Waals surface area contributed by atoms with Crippen LogP contribution in [0, 0.1) is 5.41 Å². The molecule has 0 bridgehead atoms. The Balaban J connectivity index is 1.64. The van der Waals surface area contributed by atoms with Crippen LogP contribution in [-0.4, -0.2) is 40.5 Å². The highest BCUT2D eigenvalue weighted by Crippen LogP contribution is 2.21. The highest BCUT2D eigenvalue weighted by molar-refractivity contribution is 7.17. The summed E-state index contributed by atoms with van der Waals surface area (Å²) in [5.41, 5.74) is 2.63. The average Bonchev–Trinajstić information content (AvgIpc) is 3.28. The summed E-state index contributed by atoms with van der Waals surface area (Å²) < 4.78 is 2.33. The third-order valence-electron chi connectivity index (χ3n) is 3.74. The maximum atomic E-state index is 12.1. The van der Waals surface area contributed by atoms with Crippen molar-refractivity contribution in [2.75, 3.05) is 14.1 Å². The van der Waals surface area contributed by atoms with Crippen molar-refractivity contribution in [3.8, 4) is 5.69 Å². The van der Waals surface area contributed by atoms with E-state index in [2.05, 4.69) is 10.4 Å². The highest BCUT2D eigenvalue weighted by Gasteiger charge is 2.09. The lowest BCUT2D eigenvalue weighted by atomic mass is 10.2. The Labute approximate surface area is 160 Å². The standard InChI is InChI=1S/C18H18ClN5OS/c1-23(2)17(20)13-3-5-14(6-4-13)24-11-12(10-22-24)9-21-18(25)15-7-8-16(19)26-15/h3-8,10-11,20H,9H2,1-2H3,(H,21,25). The fraction of sp³-hybridized carbons (Fsp3) is 0.167. The number of hydrogen-bond donors (Lipinski definition) is 2. The van der Waals surface area contributed by atoms with E-state index in [0.29, 0.717) is 21.6 Å². The van der Waals surface area contributed by atoms with Crippen LogP contribution < -0.4 is 5.32 Å². The minimum absolute atomic E-state index is 0.152. The number of carbonyl (C=O) groups is 1. The molecule has 3 aromatic rings. The van der Waals surface area contributed by atoms with Crippen LogP contribution in [0.2, 0.25) is 4.34 Å². The quantitative estimate of drug-likeness (QED) is 0.520. The van der Waals surface area contributed by atoms with Gasteiger partial charge in [0.2, 0.25) is 0 Å². The van der Waals surface area contributed by atoms with Crippen LogP contribution in [0.15, 0.2) is 48.8 Å². The van der Waals surface area contributed by atoms with Crippen LogP contribution in [0.1, 0.15) is 20.8 Å². The number of amides is 1. The van der Waals surface area contributed by atoms with Gasteiger partial charge in [-0.3, -0.25) is 10.2 Å². The molecule has 6 nitrogen and oxygen atoms in total. The van der Waals surface area contributed by atoms with E-state index in [0.717, 1.165) is 16.8 Å². The van der Waals surface area contributed by atoms with Crippen LogP contribution in [0.4, 0.5) is 0 Å². The van der Waals surface area contributed by atoms with Gasteiger partial charge < -0.3 is 10.2 Å². The number of rotatable bonds is 5. The zero-order chi connectivity index (χ0) is 18.7. The Bertz CT molecular complexity index is 929. The number of benzene rings is 1. The van der Waals surface area contributed by atoms with Gasteiger partial charge in [0.15, 0.2) is 0 Å². The summed E-state index contributed by atoms with van der Waals surface area (Å²) in [5, 5.41) is 15.2. The van der Waals surface area contributed by atoms with Crippen molar-refractivity contribution >= 4 is 34.7 Å². The molecule has 2 N–H and O–H groups in total. The van der Waals surface area contributed by atoms with Gasteiger partial charge in [-0.15, -0.1) is 11.3 Å². The summed E-state index contributed by atoms with van der Waals surface area (Å²) in [7, 11) is 3.68. The highest BCUT2D eigenvalue weighted by atomic mass is 35.5. The van der Waals surface area contributed by atoms with Gasteiger partial charge in [0.25, 0.3) is 5.91 Å². The molecule has 0 fully saturated rings. The first-order valence-corrected chi connectivity index (χ1v) is 9.07. The Morgan fingerprint density at radius 2 is 2.00 bits per heavy atom. The molecule has 1 amide bonds. The fourth-order valence-corrected chi connectivity index (χ4v) is 3.29. The maximum absolute atomic E-state index is 12.1. The zero-order valence-electron chi connectivity index (χ0n) is 14.4. The largest absolute Gasteiger partial charge is 0.363 e. The average molecular weight is 388 g/mol. The third kappa shape index (κ3) is 4.12. The van der Waals surface area contributed by atoms with Crippen molar-refractivity contribution in [1.82, 2.24) is 20.0 Å². The molecular weight excluding hydrogens is 370 g/mol. The lowest BCUT2D eigenvalue weighted by Gasteiger charge is -2.13. The number of thiophene rings is 1. The van der Waals surface area contributed by atoms with Gasteiger partial charge in [0.1, 0.15) is 5.84 Å². The lowest BCUT2D eigenvalue weighted by molar-refractivity contribution is 0.0955. The normalized spacial score (nSPS) is 10.6. The molecule has 0 unspecified atom stereocenters. The number of nitrogens with one attached hydrogen (secondary N) is 2. The summed E-state index contributed by atoms with van der Waals surface area (Å²) in [5.74, 6) is 0.301. The molecular formula is C18H18ClN5OS. The van der Waals surface area contributed by atoms with Gasteiger partial charge in [-0.2, -0.15) is 5.10 Å². The molecule has 0 aliphatic carbocycles. The second-order valence-corrected chi connectivity index (χ2v) is 7.58. The van der Waals surface area contributed by atoms with E-state index in [1.807, 2.05) is 44.6 Å². The number of hydrogen-bond acceptors (Lipinski definition) is 4. The van der Waals surface area contributed by atoms with Crippen molar-refractivity contribution in [3.05, 3.63) is 69.1 Å². The van der Waals surface area contributed by atoms with Crippen LogP contribution in [0.25, 0.3) is 5.69 Å². The van der Waals surface area contributed by atoms with E-state index in [-0.39, 0.29) is 5.91 Å². The molecule has 2 heterocycles. The fourth-order valence-electron chi connectivity index (χ4n) is 2.33. The van der Waals surface area contributed by atoms with Crippen LogP contribution in [0.3, 0.4) is 0 Å². The smallest absolute Gasteiger partial charge is 0.261 e. The van der Waals surface area contributed by atoms with E-state index >= 15 is 0 Å². The predicted molar refractivity (Wildman–Crippen MR) is 105 cm³/mol. The summed E-state index contributed by atoms with van der Waals surface area (Å²) in [4.78, 5) is 14.4. The second-order valence-electron chi connectivity index (χ2n) is 5.87. The maximum Gasteiger partial charge on any atom is 0.261 e. The molecule has 0 saturated heterocycles. The summed E-state index contributed by atoms with van der Waals surface area (Å²) >= 11 is 7.10. The molecule has 0 spiro atoms. The summed E-state index contributed by atoms with van der Waals surface area (Å²) in [6, 6.07) is 11.0. The topological polar surface area (TPSA) is 74.0 Å². The van der Waals surface area contributed by atoms with Gasteiger partial charge in [-0.05, 0) is 36.4 Å². The van der Waals surface area contributed by atoms with Crippen molar-refractivity contribution in [2.24, 2.45) is 0 Å². The van der Waals surface area contributed by atoms with E-state index < -0.39 is 0 Å². The Morgan fingerprint density at radius 1 is 1.27 bits per heavy atom. The molecule has 26 heavy (non-hydrogen) atoms. The Hall–Kier alpha value is -2.64. The van der Waals surface area contributed by atoms with Crippen LogP contribution in [-0.2, 0) is 6.54 Å². The minimum atomic E-state index is -0.152. The molecule has 0 atom stereocenters. The monoisotopic (exact) mass is 387 g/mol. The first-order valence-electron chi connectivity index (χ1n) is 7.88. The van der Waals surface area contributed by atoms with E-state index in [4.69, 9.17) is 17.0 Å². The Kier molecular flexibility index (Phi) is 5.39. The molecule has 0 saturated carbocycles. The number of carbonyl (C=O) groups excluding carboxylic acids is 1. The van der Waals surface area contributed by atoms with Gasteiger partial charge in [0.05, 0.1) is 21.1 Å². The van der Waals surface area contributed by atoms with E-state index in [9.17, 15) is 4.79 Å². The third-order valence-corrected chi connectivity index (χ3v) is 4.97. The van der Waals surface area contributed by atoms with Crippen molar-refractivity contribution in [2.45, 2.75) is 6.54 Å². The second kappa shape index (κ2) is 7.72. The summed E-state index contributed by atoms with van der Waals surface area (Å²) in [6.07, 6.45) is 3.59. The van der Waals surface area contributed by atoms with Gasteiger partial charge in [0, 0.05) is 38.0 Å². The van der Waals surface area contributed by atoms with Gasteiger partial charge in [-0.25, -0.2) is 4.68 Å². The van der Waals surface area contributed by atoms with Crippen molar-refractivity contribution in [3.63, 3.8) is 0 Å². The molecule has 0 aliphatic rings. The Morgan fingerprint density at radius 3 is 2.62 bits per heavy atom. The number of aromatic nitrogens is 2. The number of nitrogens with zero attached hydrogens (tertiary/aromatic N) is 3. The SMILES string of the molecule is CN(C)C(=N)c1ccc(-n2cc(CNC(=O)c3ccc(Cl)s3)cn2)cc1. The minimum Gasteiger partial charge on any atom is -0.363 e. The number of amidine groups is 1. The van der Waals surface area contributed by atoms with Crippen LogP contribution in [0.5, 0.6) is 0 Å². The zero-order valence-corrected chi connectivity index (χ0v) is 15.9. The van der Waals surface area contributed by atoms with Gasteiger partial charge in [-0.1, -0.05) is 11.6 Å². The molecule has 0 radical (unpaired) electrons. The van der Waals surface area contributed by atoms with Gasteiger partial charge >= 0.3 is 0 Å². The molecule has 1 aromatic carbocycles. The molecule has 134 valence electrons. The molecule has 0 aliphatic heterocycles. The molecule has 3 rings (SSSR count). The van der Waals surface area contributed by atoms with E-state index in [1.54, 1.807) is 27.9 Å². The first kappa shape index (κ1) is 18.2. The molecule has 8 heteroatoms. The molecule has 2 aromatic heterocycles. The van der Waals surface area contributed by atoms with E-state index in [1.165, 1.54) is 11.3 Å². The van der Waals surface area contributed by atoms with Crippen LogP contribution >= 0.6 is 22.9 Å². The summed E-state index contributed by atoms with van der Waals surface area (Å²) in [6.45, 7) is 0.387.